The number of amides is 1. The van der Waals surface area contributed by atoms with Crippen LogP contribution < -0.4 is 0 Å². The van der Waals surface area contributed by atoms with Gasteiger partial charge in [0.05, 0.1) is 11.3 Å². The van der Waals surface area contributed by atoms with E-state index in [1.807, 2.05) is 12.1 Å². The summed E-state index contributed by atoms with van der Waals surface area (Å²) in [5.41, 5.74) is 2.52. The number of benzene rings is 1. The second-order valence-electron chi connectivity index (χ2n) is 6.76. The summed E-state index contributed by atoms with van der Waals surface area (Å²) in [6, 6.07) is 8.85. The van der Waals surface area contributed by atoms with Crippen LogP contribution in [-0.4, -0.2) is 52.8 Å². The molecule has 0 N–H and O–H groups in total. The molecule has 7 nitrogen and oxygen atoms in total. The molecule has 0 radical (unpaired) electrons. The zero-order valence-electron chi connectivity index (χ0n) is 16.1. The lowest BCUT2D eigenvalue weighted by Gasteiger charge is -2.21. The number of nitro groups is 1. The predicted molar refractivity (Wildman–Crippen MR) is 104 cm³/mol. The minimum Gasteiger partial charge on any atom is -0.345 e. The Labute approximate surface area is 159 Å². The normalized spacial score (nSPS) is 10.8. The maximum atomic E-state index is 12.4. The van der Waals surface area contributed by atoms with Crippen LogP contribution in [0.25, 0.3) is 0 Å². The van der Waals surface area contributed by atoms with Gasteiger partial charge in [0.25, 0.3) is 5.69 Å². The molecule has 0 saturated heterocycles. The Kier molecular flexibility index (Phi) is 7.43. The van der Waals surface area contributed by atoms with Crippen LogP contribution in [0.15, 0.2) is 42.7 Å². The molecule has 1 aromatic heterocycles. The Morgan fingerprint density at radius 3 is 2.52 bits per heavy atom. The Balaban J connectivity index is 1.80. The molecule has 7 heteroatoms. The van der Waals surface area contributed by atoms with Crippen molar-refractivity contribution in [2.45, 2.75) is 26.3 Å². The molecule has 0 aliphatic rings. The van der Waals surface area contributed by atoms with E-state index in [-0.39, 0.29) is 18.0 Å². The van der Waals surface area contributed by atoms with Crippen molar-refractivity contribution in [2.24, 2.45) is 0 Å². The first-order valence-corrected chi connectivity index (χ1v) is 8.92. The lowest BCUT2D eigenvalue weighted by atomic mass is 10.0. The van der Waals surface area contributed by atoms with Crippen LogP contribution in [-0.2, 0) is 17.8 Å². The van der Waals surface area contributed by atoms with E-state index < -0.39 is 4.92 Å². The third-order valence-electron chi connectivity index (χ3n) is 4.62. The minimum atomic E-state index is -0.411. The largest absolute Gasteiger partial charge is 0.345 e. The molecular weight excluding hydrogens is 344 g/mol. The standard InChI is InChI=1S/C20H26N4O3/c1-16-18(6-4-7-19(16)24(26)27)14-20(25)23(3)13-5-12-22(2)15-17-8-10-21-11-9-17/h4,6-11H,5,12-15H2,1-3H3. The lowest BCUT2D eigenvalue weighted by molar-refractivity contribution is -0.385. The molecule has 0 atom stereocenters. The molecule has 1 aromatic carbocycles. The van der Waals surface area contributed by atoms with Gasteiger partial charge in [0, 0.05) is 44.2 Å². The second-order valence-corrected chi connectivity index (χ2v) is 6.76. The van der Waals surface area contributed by atoms with Crippen LogP contribution in [0.4, 0.5) is 5.69 Å². The highest BCUT2D eigenvalue weighted by molar-refractivity contribution is 5.79. The molecule has 0 bridgehead atoms. The fraction of sp³-hybridized carbons (Fsp3) is 0.400. The van der Waals surface area contributed by atoms with Crippen molar-refractivity contribution in [3.8, 4) is 0 Å². The number of pyridine rings is 1. The van der Waals surface area contributed by atoms with Gasteiger partial charge in [-0.25, -0.2) is 0 Å². The van der Waals surface area contributed by atoms with Gasteiger partial charge in [-0.3, -0.25) is 19.9 Å². The maximum Gasteiger partial charge on any atom is 0.272 e. The van der Waals surface area contributed by atoms with Gasteiger partial charge in [-0.2, -0.15) is 0 Å². The van der Waals surface area contributed by atoms with Crippen molar-refractivity contribution in [3.05, 3.63) is 69.5 Å². The number of nitrogens with zero attached hydrogens (tertiary/aromatic N) is 4. The SMILES string of the molecule is Cc1c(CC(=O)N(C)CCCN(C)Cc2ccncc2)cccc1[N+](=O)[O-]. The first-order chi connectivity index (χ1) is 12.9. The molecule has 0 unspecified atom stereocenters. The second kappa shape index (κ2) is 9.78. The number of aromatic nitrogens is 1. The van der Waals surface area contributed by atoms with Gasteiger partial charge in [-0.1, -0.05) is 12.1 Å². The summed E-state index contributed by atoms with van der Waals surface area (Å²) in [7, 11) is 3.83. The number of carbonyl (C=O) groups excluding carboxylic acids is 1. The summed E-state index contributed by atoms with van der Waals surface area (Å²) in [6.45, 7) is 4.05. The smallest absolute Gasteiger partial charge is 0.272 e. The number of likely N-dealkylation sites (N-methyl/N-ethyl adjacent to an activating group) is 1. The van der Waals surface area contributed by atoms with Crippen LogP contribution in [0.3, 0.4) is 0 Å². The van der Waals surface area contributed by atoms with Crippen molar-refractivity contribution in [2.75, 3.05) is 27.2 Å². The van der Waals surface area contributed by atoms with Gasteiger partial charge in [-0.05, 0) is 50.2 Å². The summed E-state index contributed by atoms with van der Waals surface area (Å²) in [6.07, 6.45) is 4.60. The Bertz CT molecular complexity index is 780. The van der Waals surface area contributed by atoms with E-state index in [1.165, 1.54) is 11.6 Å². The molecule has 0 aliphatic carbocycles. The van der Waals surface area contributed by atoms with Gasteiger partial charge in [-0.15, -0.1) is 0 Å². The summed E-state index contributed by atoms with van der Waals surface area (Å²) >= 11 is 0. The molecular formula is C20H26N4O3. The monoisotopic (exact) mass is 370 g/mol. The van der Waals surface area contributed by atoms with Crippen molar-refractivity contribution >= 4 is 11.6 Å². The molecule has 27 heavy (non-hydrogen) atoms. The predicted octanol–water partition coefficient (Wildman–Crippen LogP) is 2.82. The fourth-order valence-electron chi connectivity index (χ4n) is 2.94. The number of hydrogen-bond acceptors (Lipinski definition) is 5. The summed E-state index contributed by atoms with van der Waals surface area (Å²) < 4.78 is 0. The zero-order valence-corrected chi connectivity index (χ0v) is 16.1. The Hall–Kier alpha value is -2.80. The third kappa shape index (κ3) is 6.14. The Morgan fingerprint density at radius 1 is 1.15 bits per heavy atom. The highest BCUT2D eigenvalue weighted by Crippen LogP contribution is 2.21. The molecule has 0 aliphatic heterocycles. The first kappa shape index (κ1) is 20.5. The summed E-state index contributed by atoms with van der Waals surface area (Å²) in [4.78, 5) is 31.0. The van der Waals surface area contributed by atoms with Crippen molar-refractivity contribution in [1.29, 1.82) is 0 Å². The minimum absolute atomic E-state index is 0.0321. The third-order valence-corrected chi connectivity index (χ3v) is 4.62. The highest BCUT2D eigenvalue weighted by Gasteiger charge is 2.17. The van der Waals surface area contributed by atoms with Crippen LogP contribution >= 0.6 is 0 Å². The van der Waals surface area contributed by atoms with Crippen LogP contribution in [0.2, 0.25) is 0 Å². The summed E-state index contributed by atoms with van der Waals surface area (Å²) in [5, 5.41) is 11.0. The Morgan fingerprint density at radius 2 is 1.85 bits per heavy atom. The van der Waals surface area contributed by atoms with Crippen molar-refractivity contribution in [3.63, 3.8) is 0 Å². The van der Waals surface area contributed by atoms with Crippen molar-refractivity contribution in [1.82, 2.24) is 14.8 Å². The van der Waals surface area contributed by atoms with Gasteiger partial charge < -0.3 is 9.80 Å². The van der Waals surface area contributed by atoms with Crippen LogP contribution in [0.1, 0.15) is 23.1 Å². The van der Waals surface area contributed by atoms with Gasteiger partial charge in [0.15, 0.2) is 0 Å². The number of carbonyl (C=O) groups is 1. The molecule has 144 valence electrons. The quantitative estimate of drug-likeness (QED) is 0.501. The van der Waals surface area contributed by atoms with E-state index in [9.17, 15) is 14.9 Å². The average molecular weight is 370 g/mol. The number of hydrogen-bond donors (Lipinski definition) is 0. The summed E-state index contributed by atoms with van der Waals surface area (Å²) in [5.74, 6) is -0.0321. The maximum absolute atomic E-state index is 12.4. The molecule has 0 fully saturated rings. The number of nitro benzene ring substituents is 1. The van der Waals surface area contributed by atoms with E-state index in [1.54, 1.807) is 43.4 Å². The molecule has 0 spiro atoms. The number of rotatable bonds is 9. The van der Waals surface area contributed by atoms with Crippen molar-refractivity contribution < 1.29 is 9.72 Å². The van der Waals surface area contributed by atoms with E-state index in [2.05, 4.69) is 16.9 Å². The van der Waals surface area contributed by atoms with E-state index in [4.69, 9.17) is 0 Å². The fourth-order valence-corrected chi connectivity index (χ4v) is 2.94. The first-order valence-electron chi connectivity index (χ1n) is 8.92. The zero-order chi connectivity index (χ0) is 19.8. The molecule has 1 heterocycles. The molecule has 1 amide bonds. The molecule has 0 saturated carbocycles. The van der Waals surface area contributed by atoms with E-state index >= 15 is 0 Å². The average Bonchev–Trinajstić information content (AvgIpc) is 2.63. The molecule has 2 rings (SSSR count). The van der Waals surface area contributed by atoms with Gasteiger partial charge in [0.2, 0.25) is 5.91 Å². The van der Waals surface area contributed by atoms with Gasteiger partial charge in [0.1, 0.15) is 0 Å². The topological polar surface area (TPSA) is 79.6 Å². The van der Waals surface area contributed by atoms with Crippen LogP contribution in [0.5, 0.6) is 0 Å². The van der Waals surface area contributed by atoms with E-state index in [0.29, 0.717) is 17.7 Å². The molecule has 2 aromatic rings. The lowest BCUT2D eigenvalue weighted by Crippen LogP contribution is -2.31. The van der Waals surface area contributed by atoms with Gasteiger partial charge >= 0.3 is 0 Å². The highest BCUT2D eigenvalue weighted by atomic mass is 16.6. The van der Waals surface area contributed by atoms with E-state index in [0.717, 1.165) is 19.5 Å². The van der Waals surface area contributed by atoms with Crippen LogP contribution in [0, 0.1) is 17.0 Å².